The summed E-state index contributed by atoms with van der Waals surface area (Å²) in [7, 11) is 1.68. The second kappa shape index (κ2) is 7.58. The Labute approximate surface area is 139 Å². The first-order chi connectivity index (χ1) is 10.9. The van der Waals surface area contributed by atoms with Crippen LogP contribution in [0.15, 0.2) is 36.9 Å². The third-order valence-corrected chi connectivity index (χ3v) is 4.28. The van der Waals surface area contributed by atoms with Crippen molar-refractivity contribution in [1.29, 1.82) is 0 Å². The van der Waals surface area contributed by atoms with Crippen LogP contribution in [0.4, 0.5) is 0 Å². The Morgan fingerprint density at radius 3 is 2.52 bits per heavy atom. The Hall–Kier alpha value is -1.20. The molecule has 1 heterocycles. The average molecular weight is 320 g/mol. The molecule has 1 aliphatic rings. The van der Waals surface area contributed by atoms with Crippen LogP contribution in [0.2, 0.25) is 0 Å². The van der Waals surface area contributed by atoms with E-state index < -0.39 is 11.9 Å². The fourth-order valence-electron chi connectivity index (χ4n) is 3.01. The molecule has 1 N–H and O–H groups in total. The van der Waals surface area contributed by atoms with Gasteiger partial charge in [-0.05, 0) is 31.4 Å². The van der Waals surface area contributed by atoms with E-state index in [1.165, 1.54) is 0 Å². The minimum atomic E-state index is -0.664. The number of aliphatic hydroxyl groups is 1. The highest BCUT2D eigenvalue weighted by Crippen LogP contribution is 2.42. The number of aliphatic hydroxyl groups excluding tert-OH is 1. The van der Waals surface area contributed by atoms with Crippen LogP contribution in [-0.4, -0.2) is 30.2 Å². The lowest BCUT2D eigenvalue weighted by Crippen LogP contribution is -2.33. The third-order valence-electron chi connectivity index (χ3n) is 4.28. The summed E-state index contributed by atoms with van der Waals surface area (Å²) in [6.45, 7) is 10.1. The molecule has 0 aliphatic carbocycles. The number of rotatable bonds is 7. The summed E-state index contributed by atoms with van der Waals surface area (Å²) in [5.74, 6) is -0.721. The average Bonchev–Trinajstić information content (AvgIpc) is 2.83. The quantitative estimate of drug-likeness (QED) is 0.780. The molecule has 0 bridgehead atoms. The molecular formula is C19H28O4. The van der Waals surface area contributed by atoms with Crippen molar-refractivity contribution in [2.45, 2.75) is 57.9 Å². The van der Waals surface area contributed by atoms with Crippen LogP contribution in [0.5, 0.6) is 0 Å². The topological polar surface area (TPSA) is 47.9 Å². The molecule has 128 valence electrons. The number of methoxy groups -OCH3 is 1. The zero-order valence-electron chi connectivity index (χ0n) is 14.5. The van der Waals surface area contributed by atoms with Gasteiger partial charge >= 0.3 is 0 Å². The molecule has 0 amide bonds. The summed E-state index contributed by atoms with van der Waals surface area (Å²) < 4.78 is 17.3. The third kappa shape index (κ3) is 4.42. The number of hydrogen-bond donors (Lipinski definition) is 1. The van der Waals surface area contributed by atoms with Gasteiger partial charge in [-0.3, -0.25) is 0 Å². The Morgan fingerprint density at radius 1 is 1.30 bits per heavy atom. The molecule has 1 aromatic rings. The van der Waals surface area contributed by atoms with Crippen LogP contribution in [0.3, 0.4) is 0 Å². The maximum atomic E-state index is 10.3. The van der Waals surface area contributed by atoms with Crippen LogP contribution in [0.25, 0.3) is 0 Å². The van der Waals surface area contributed by atoms with Gasteiger partial charge < -0.3 is 19.3 Å². The van der Waals surface area contributed by atoms with Gasteiger partial charge in [0, 0.05) is 13.0 Å². The van der Waals surface area contributed by atoms with E-state index in [0.29, 0.717) is 13.0 Å². The zero-order chi connectivity index (χ0) is 17.0. The summed E-state index contributed by atoms with van der Waals surface area (Å²) in [5.41, 5.74) is 2.17. The summed E-state index contributed by atoms with van der Waals surface area (Å²) in [6.07, 6.45) is 1.38. The predicted octanol–water partition coefficient (Wildman–Crippen LogP) is 3.60. The summed E-state index contributed by atoms with van der Waals surface area (Å²) >= 11 is 0. The Morgan fingerprint density at radius 2 is 1.96 bits per heavy atom. The molecule has 1 fully saturated rings. The van der Waals surface area contributed by atoms with Crippen molar-refractivity contribution in [3.63, 3.8) is 0 Å². The smallest absolute Gasteiger partial charge is 0.164 e. The standard InChI is InChI=1S/C19H28O4/c1-6-7-16(20)13(2)17-18(23-19(3,4)22-17)15-10-8-14(9-11-15)12-21-5/h6,8-11,13,16-18,20H,1,7,12H2,2-5H3/t13-,16-,17+,18+/m0/s1. The minimum absolute atomic E-state index is 0.0570. The normalized spacial score (nSPS) is 26.0. The van der Waals surface area contributed by atoms with E-state index in [1.807, 2.05) is 45.0 Å². The second-order valence-corrected chi connectivity index (χ2v) is 6.65. The van der Waals surface area contributed by atoms with Crippen molar-refractivity contribution in [3.05, 3.63) is 48.0 Å². The predicted molar refractivity (Wildman–Crippen MR) is 89.9 cm³/mol. The largest absolute Gasteiger partial charge is 0.392 e. The fraction of sp³-hybridized carbons (Fsp3) is 0.579. The van der Waals surface area contributed by atoms with Gasteiger partial charge in [0.25, 0.3) is 0 Å². The van der Waals surface area contributed by atoms with Gasteiger partial charge in [-0.15, -0.1) is 6.58 Å². The van der Waals surface area contributed by atoms with E-state index >= 15 is 0 Å². The zero-order valence-corrected chi connectivity index (χ0v) is 14.5. The van der Waals surface area contributed by atoms with Crippen molar-refractivity contribution in [1.82, 2.24) is 0 Å². The highest BCUT2D eigenvalue weighted by atomic mass is 16.8. The number of benzene rings is 1. The van der Waals surface area contributed by atoms with Crippen LogP contribution in [-0.2, 0) is 20.8 Å². The number of ether oxygens (including phenoxy) is 3. The molecule has 23 heavy (non-hydrogen) atoms. The maximum Gasteiger partial charge on any atom is 0.164 e. The van der Waals surface area contributed by atoms with E-state index in [1.54, 1.807) is 13.2 Å². The van der Waals surface area contributed by atoms with Crippen molar-refractivity contribution >= 4 is 0 Å². The number of hydrogen-bond acceptors (Lipinski definition) is 4. The Kier molecular flexibility index (Phi) is 5.98. The van der Waals surface area contributed by atoms with Gasteiger partial charge in [0.1, 0.15) is 6.10 Å². The first-order valence-electron chi connectivity index (χ1n) is 8.10. The molecule has 1 aromatic carbocycles. The molecule has 4 heteroatoms. The van der Waals surface area contributed by atoms with Gasteiger partial charge in [-0.2, -0.15) is 0 Å². The minimum Gasteiger partial charge on any atom is -0.392 e. The molecule has 1 aliphatic heterocycles. The Balaban J connectivity index is 2.21. The van der Waals surface area contributed by atoms with Crippen molar-refractivity contribution in [3.8, 4) is 0 Å². The van der Waals surface area contributed by atoms with Crippen LogP contribution in [0, 0.1) is 5.92 Å². The molecule has 0 aromatic heterocycles. The molecule has 0 saturated carbocycles. The molecule has 4 nitrogen and oxygen atoms in total. The molecule has 2 rings (SSSR count). The highest BCUT2D eigenvalue weighted by molar-refractivity contribution is 5.25. The van der Waals surface area contributed by atoms with Crippen LogP contribution in [0.1, 0.15) is 44.4 Å². The molecule has 0 unspecified atom stereocenters. The Bertz CT molecular complexity index is 509. The van der Waals surface area contributed by atoms with Crippen molar-refractivity contribution in [2.24, 2.45) is 5.92 Å². The van der Waals surface area contributed by atoms with E-state index in [0.717, 1.165) is 11.1 Å². The molecule has 1 saturated heterocycles. The van der Waals surface area contributed by atoms with E-state index in [2.05, 4.69) is 6.58 Å². The first kappa shape index (κ1) is 18.1. The summed E-state index contributed by atoms with van der Waals surface area (Å²) in [6, 6.07) is 8.16. The van der Waals surface area contributed by atoms with E-state index in [-0.39, 0.29) is 18.1 Å². The molecule has 0 radical (unpaired) electrons. The SMILES string of the molecule is C=CC[C@H](O)[C@H](C)[C@H]1OC(C)(C)O[C@@H]1c1ccc(COC)cc1. The molecular weight excluding hydrogens is 292 g/mol. The maximum absolute atomic E-state index is 10.3. The fourth-order valence-corrected chi connectivity index (χ4v) is 3.01. The summed E-state index contributed by atoms with van der Waals surface area (Å²) in [4.78, 5) is 0. The summed E-state index contributed by atoms with van der Waals surface area (Å²) in [5, 5.41) is 10.3. The lowest BCUT2D eigenvalue weighted by molar-refractivity contribution is -0.153. The van der Waals surface area contributed by atoms with Crippen molar-refractivity contribution in [2.75, 3.05) is 7.11 Å². The van der Waals surface area contributed by atoms with Crippen LogP contribution >= 0.6 is 0 Å². The van der Waals surface area contributed by atoms with Crippen LogP contribution < -0.4 is 0 Å². The first-order valence-corrected chi connectivity index (χ1v) is 8.10. The lowest BCUT2D eigenvalue weighted by Gasteiger charge is -2.27. The molecule has 0 spiro atoms. The molecule has 4 atom stereocenters. The monoisotopic (exact) mass is 320 g/mol. The van der Waals surface area contributed by atoms with Crippen molar-refractivity contribution < 1.29 is 19.3 Å². The highest BCUT2D eigenvalue weighted by Gasteiger charge is 2.45. The van der Waals surface area contributed by atoms with Gasteiger partial charge in [0.2, 0.25) is 0 Å². The second-order valence-electron chi connectivity index (χ2n) is 6.65. The van der Waals surface area contributed by atoms with Gasteiger partial charge in [-0.25, -0.2) is 0 Å². The van der Waals surface area contributed by atoms with Gasteiger partial charge in [0.05, 0.1) is 18.8 Å². The van der Waals surface area contributed by atoms with Gasteiger partial charge in [0.15, 0.2) is 5.79 Å². The van der Waals surface area contributed by atoms with E-state index in [9.17, 15) is 5.11 Å². The van der Waals surface area contributed by atoms with Gasteiger partial charge in [-0.1, -0.05) is 37.3 Å². The lowest BCUT2D eigenvalue weighted by atomic mass is 9.89. The van der Waals surface area contributed by atoms with E-state index in [4.69, 9.17) is 14.2 Å².